The van der Waals surface area contributed by atoms with Crippen LogP contribution in [0.25, 0.3) is 0 Å². The summed E-state index contributed by atoms with van der Waals surface area (Å²) in [5.41, 5.74) is 2.84. The summed E-state index contributed by atoms with van der Waals surface area (Å²) in [5.74, 6) is -0.473. The predicted molar refractivity (Wildman–Crippen MR) is 76.8 cm³/mol. The van der Waals surface area contributed by atoms with Crippen molar-refractivity contribution < 1.29 is 14.7 Å². The van der Waals surface area contributed by atoms with Gasteiger partial charge >= 0.3 is 5.97 Å². The molecule has 0 unspecified atom stereocenters. The fourth-order valence-electron chi connectivity index (χ4n) is 2.72. The monoisotopic (exact) mass is 275 g/mol. The molecule has 0 saturated carbocycles. The second-order valence-corrected chi connectivity index (χ2v) is 5.65. The highest BCUT2D eigenvalue weighted by molar-refractivity contribution is 5.95. The fraction of sp³-hybridized carbons (Fsp3) is 0.500. The minimum Gasteiger partial charge on any atom is -0.481 e. The van der Waals surface area contributed by atoms with Gasteiger partial charge in [-0.3, -0.25) is 9.59 Å². The Morgan fingerprint density at radius 3 is 2.50 bits per heavy atom. The molecule has 2 rings (SSSR count). The van der Waals surface area contributed by atoms with Crippen LogP contribution >= 0.6 is 0 Å². The summed E-state index contributed by atoms with van der Waals surface area (Å²) in [4.78, 5) is 25.1. The van der Waals surface area contributed by atoms with Gasteiger partial charge < -0.3 is 10.0 Å². The number of carbonyl (C=O) groups is 2. The number of piperidine rings is 1. The molecule has 1 amide bonds. The molecule has 20 heavy (non-hydrogen) atoms. The molecule has 1 aliphatic heterocycles. The Bertz CT molecular complexity index is 516. The van der Waals surface area contributed by atoms with Crippen molar-refractivity contribution in [1.82, 2.24) is 4.90 Å². The highest BCUT2D eigenvalue weighted by atomic mass is 16.4. The minimum absolute atomic E-state index is 0.0694. The summed E-state index contributed by atoms with van der Waals surface area (Å²) in [5, 5.41) is 8.81. The number of hydrogen-bond acceptors (Lipinski definition) is 2. The van der Waals surface area contributed by atoms with E-state index in [1.807, 2.05) is 36.9 Å². The number of hydrogen-bond donors (Lipinski definition) is 1. The van der Waals surface area contributed by atoms with Crippen LogP contribution in [0.15, 0.2) is 18.2 Å². The lowest BCUT2D eigenvalue weighted by atomic mass is 9.93. The Kier molecular flexibility index (Phi) is 4.42. The van der Waals surface area contributed by atoms with E-state index in [1.54, 1.807) is 0 Å². The standard InChI is InChI=1S/C16H21NO3/c1-11-3-4-12(2)14(9-11)16(20)17-7-5-13(6-8-17)10-15(18)19/h3-4,9,13H,5-8,10H2,1-2H3,(H,18,19). The number of carbonyl (C=O) groups excluding carboxylic acids is 1. The lowest BCUT2D eigenvalue weighted by molar-refractivity contribution is -0.138. The number of aryl methyl sites for hydroxylation is 2. The van der Waals surface area contributed by atoms with E-state index >= 15 is 0 Å². The van der Waals surface area contributed by atoms with Crippen molar-refractivity contribution in [1.29, 1.82) is 0 Å². The predicted octanol–water partition coefficient (Wildman–Crippen LogP) is 2.63. The number of rotatable bonds is 3. The normalized spacial score (nSPS) is 16.2. The van der Waals surface area contributed by atoms with Gasteiger partial charge in [0, 0.05) is 25.1 Å². The molecule has 108 valence electrons. The van der Waals surface area contributed by atoms with Gasteiger partial charge in [0.1, 0.15) is 0 Å². The average molecular weight is 275 g/mol. The van der Waals surface area contributed by atoms with Gasteiger partial charge in [-0.1, -0.05) is 17.7 Å². The van der Waals surface area contributed by atoms with Gasteiger partial charge in [0.2, 0.25) is 0 Å². The number of carboxylic acids is 1. The Hall–Kier alpha value is -1.84. The van der Waals surface area contributed by atoms with Crippen molar-refractivity contribution in [3.05, 3.63) is 34.9 Å². The third-order valence-corrected chi connectivity index (χ3v) is 3.99. The maximum atomic E-state index is 12.5. The van der Waals surface area contributed by atoms with E-state index in [9.17, 15) is 9.59 Å². The number of carboxylic acid groups (broad SMARTS) is 1. The number of nitrogens with zero attached hydrogens (tertiary/aromatic N) is 1. The van der Waals surface area contributed by atoms with Gasteiger partial charge in [-0.05, 0) is 44.2 Å². The van der Waals surface area contributed by atoms with E-state index in [0.717, 1.165) is 29.5 Å². The van der Waals surface area contributed by atoms with E-state index in [0.29, 0.717) is 13.1 Å². The van der Waals surface area contributed by atoms with Gasteiger partial charge in [-0.25, -0.2) is 0 Å². The van der Waals surface area contributed by atoms with Gasteiger partial charge in [0.05, 0.1) is 0 Å². The maximum absolute atomic E-state index is 12.5. The Labute approximate surface area is 119 Å². The number of aliphatic carboxylic acids is 1. The molecule has 1 fully saturated rings. The Morgan fingerprint density at radius 2 is 1.90 bits per heavy atom. The van der Waals surface area contributed by atoms with Gasteiger partial charge in [0.15, 0.2) is 0 Å². The molecule has 1 aromatic carbocycles. The summed E-state index contributed by atoms with van der Waals surface area (Å²) in [7, 11) is 0. The first-order valence-electron chi connectivity index (χ1n) is 7.05. The van der Waals surface area contributed by atoms with Crippen LogP contribution in [0.5, 0.6) is 0 Å². The van der Waals surface area contributed by atoms with E-state index in [2.05, 4.69) is 0 Å². The van der Waals surface area contributed by atoms with Crippen LogP contribution in [0.4, 0.5) is 0 Å². The van der Waals surface area contributed by atoms with Crippen molar-refractivity contribution in [2.75, 3.05) is 13.1 Å². The first kappa shape index (κ1) is 14.6. The van der Waals surface area contributed by atoms with E-state index in [1.165, 1.54) is 0 Å². The molecule has 1 heterocycles. The first-order valence-corrected chi connectivity index (χ1v) is 7.05. The molecule has 1 saturated heterocycles. The van der Waals surface area contributed by atoms with Crippen molar-refractivity contribution in [3.63, 3.8) is 0 Å². The Balaban J connectivity index is 2.01. The number of likely N-dealkylation sites (tertiary alicyclic amines) is 1. The smallest absolute Gasteiger partial charge is 0.303 e. The van der Waals surface area contributed by atoms with Crippen LogP contribution < -0.4 is 0 Å². The lowest BCUT2D eigenvalue weighted by Crippen LogP contribution is -2.39. The molecule has 0 atom stereocenters. The Morgan fingerprint density at radius 1 is 1.25 bits per heavy atom. The second kappa shape index (κ2) is 6.07. The van der Waals surface area contributed by atoms with Gasteiger partial charge in [-0.15, -0.1) is 0 Å². The van der Waals surface area contributed by atoms with E-state index < -0.39 is 5.97 Å². The number of amides is 1. The lowest BCUT2D eigenvalue weighted by Gasteiger charge is -2.31. The van der Waals surface area contributed by atoms with Crippen LogP contribution in [-0.2, 0) is 4.79 Å². The van der Waals surface area contributed by atoms with Crippen LogP contribution in [0.3, 0.4) is 0 Å². The summed E-state index contributed by atoms with van der Waals surface area (Å²) >= 11 is 0. The summed E-state index contributed by atoms with van der Waals surface area (Å²) < 4.78 is 0. The van der Waals surface area contributed by atoms with Crippen molar-refractivity contribution in [3.8, 4) is 0 Å². The molecule has 0 spiro atoms. The van der Waals surface area contributed by atoms with Crippen molar-refractivity contribution >= 4 is 11.9 Å². The molecule has 1 aliphatic rings. The van der Waals surface area contributed by atoms with E-state index in [4.69, 9.17) is 5.11 Å². The van der Waals surface area contributed by atoms with Crippen LogP contribution in [-0.4, -0.2) is 35.0 Å². The quantitative estimate of drug-likeness (QED) is 0.922. The summed E-state index contributed by atoms with van der Waals surface area (Å²) in [6, 6.07) is 5.91. The van der Waals surface area contributed by atoms with Gasteiger partial charge in [0.25, 0.3) is 5.91 Å². The highest BCUT2D eigenvalue weighted by Gasteiger charge is 2.25. The van der Waals surface area contributed by atoms with Crippen molar-refractivity contribution in [2.24, 2.45) is 5.92 Å². The molecule has 0 aliphatic carbocycles. The zero-order valence-corrected chi connectivity index (χ0v) is 12.1. The maximum Gasteiger partial charge on any atom is 0.303 e. The molecular formula is C16H21NO3. The van der Waals surface area contributed by atoms with Crippen molar-refractivity contribution in [2.45, 2.75) is 33.1 Å². The molecule has 4 heteroatoms. The summed E-state index contributed by atoms with van der Waals surface area (Å²) in [6.07, 6.45) is 1.78. The third kappa shape index (κ3) is 3.38. The minimum atomic E-state index is -0.746. The fourth-order valence-corrected chi connectivity index (χ4v) is 2.72. The SMILES string of the molecule is Cc1ccc(C)c(C(=O)N2CCC(CC(=O)O)CC2)c1. The molecule has 0 aromatic heterocycles. The molecule has 1 N–H and O–H groups in total. The molecule has 0 bridgehead atoms. The summed E-state index contributed by atoms with van der Waals surface area (Å²) in [6.45, 7) is 5.24. The largest absolute Gasteiger partial charge is 0.481 e. The van der Waals surface area contributed by atoms with Crippen LogP contribution in [0.2, 0.25) is 0 Å². The zero-order valence-electron chi connectivity index (χ0n) is 12.1. The molecule has 0 radical (unpaired) electrons. The average Bonchev–Trinajstić information content (AvgIpc) is 2.41. The van der Waals surface area contributed by atoms with E-state index in [-0.39, 0.29) is 18.2 Å². The van der Waals surface area contributed by atoms with Crippen LogP contribution in [0.1, 0.15) is 40.7 Å². The third-order valence-electron chi connectivity index (χ3n) is 3.99. The molecule has 1 aromatic rings. The molecule has 4 nitrogen and oxygen atoms in total. The van der Waals surface area contributed by atoms with Gasteiger partial charge in [-0.2, -0.15) is 0 Å². The number of benzene rings is 1. The topological polar surface area (TPSA) is 57.6 Å². The van der Waals surface area contributed by atoms with Crippen LogP contribution in [0, 0.1) is 19.8 Å². The second-order valence-electron chi connectivity index (χ2n) is 5.65. The molecular weight excluding hydrogens is 254 g/mol. The first-order chi connectivity index (χ1) is 9.47. The highest BCUT2D eigenvalue weighted by Crippen LogP contribution is 2.23. The zero-order chi connectivity index (χ0) is 14.7.